The van der Waals surface area contributed by atoms with Crippen molar-refractivity contribution in [1.82, 2.24) is 5.32 Å². The van der Waals surface area contributed by atoms with Crippen LogP contribution in [0.4, 0.5) is 0 Å². The zero-order chi connectivity index (χ0) is 13.8. The average molecular weight is 257 g/mol. The summed E-state index contributed by atoms with van der Waals surface area (Å²) in [6.45, 7) is 9.12. The van der Waals surface area contributed by atoms with E-state index in [0.29, 0.717) is 12.6 Å². The standard InChI is InChI=1S/C14H27NO3/c1-5-14(6-2)9-11(7-8-18-14)15-10-13(3,4)12(16)17/h11,15H,5-10H2,1-4H3,(H,16,17). The molecule has 1 aliphatic heterocycles. The van der Waals surface area contributed by atoms with E-state index in [4.69, 9.17) is 9.84 Å². The summed E-state index contributed by atoms with van der Waals surface area (Å²) in [6.07, 6.45) is 3.99. The first-order valence-electron chi connectivity index (χ1n) is 6.96. The summed E-state index contributed by atoms with van der Waals surface area (Å²) in [5.41, 5.74) is -0.720. The van der Waals surface area contributed by atoms with Gasteiger partial charge >= 0.3 is 5.97 Å². The van der Waals surface area contributed by atoms with Crippen LogP contribution in [0.2, 0.25) is 0 Å². The molecule has 0 amide bonds. The van der Waals surface area contributed by atoms with Gasteiger partial charge in [0.15, 0.2) is 0 Å². The quantitative estimate of drug-likeness (QED) is 0.767. The van der Waals surface area contributed by atoms with Crippen molar-refractivity contribution in [2.45, 2.75) is 65.0 Å². The fourth-order valence-corrected chi connectivity index (χ4v) is 2.42. The van der Waals surface area contributed by atoms with E-state index < -0.39 is 11.4 Å². The Morgan fingerprint density at radius 2 is 2.06 bits per heavy atom. The highest BCUT2D eigenvalue weighted by molar-refractivity contribution is 5.73. The van der Waals surface area contributed by atoms with Gasteiger partial charge in [-0.1, -0.05) is 13.8 Å². The number of nitrogens with one attached hydrogen (secondary N) is 1. The van der Waals surface area contributed by atoms with Gasteiger partial charge in [0.05, 0.1) is 11.0 Å². The molecule has 0 radical (unpaired) electrons. The van der Waals surface area contributed by atoms with Crippen LogP contribution < -0.4 is 5.32 Å². The van der Waals surface area contributed by atoms with E-state index >= 15 is 0 Å². The molecule has 0 spiro atoms. The molecule has 18 heavy (non-hydrogen) atoms. The first-order chi connectivity index (χ1) is 8.35. The molecule has 4 heteroatoms. The van der Waals surface area contributed by atoms with Crippen LogP contribution in [0, 0.1) is 5.41 Å². The number of carboxylic acid groups (broad SMARTS) is 1. The largest absolute Gasteiger partial charge is 0.481 e. The molecule has 1 unspecified atom stereocenters. The van der Waals surface area contributed by atoms with Crippen molar-refractivity contribution in [3.8, 4) is 0 Å². The summed E-state index contributed by atoms with van der Waals surface area (Å²) in [7, 11) is 0. The van der Waals surface area contributed by atoms with Crippen molar-refractivity contribution < 1.29 is 14.6 Å². The zero-order valence-corrected chi connectivity index (χ0v) is 12.1. The van der Waals surface area contributed by atoms with Gasteiger partial charge in [-0.15, -0.1) is 0 Å². The number of aliphatic carboxylic acids is 1. The third-order valence-corrected chi connectivity index (χ3v) is 4.19. The van der Waals surface area contributed by atoms with Gasteiger partial charge in [0.2, 0.25) is 0 Å². The topological polar surface area (TPSA) is 58.6 Å². The molecule has 106 valence electrons. The number of hydrogen-bond acceptors (Lipinski definition) is 3. The van der Waals surface area contributed by atoms with E-state index in [9.17, 15) is 4.79 Å². The summed E-state index contributed by atoms with van der Waals surface area (Å²) in [6, 6.07) is 0.372. The zero-order valence-electron chi connectivity index (χ0n) is 12.1. The fraction of sp³-hybridized carbons (Fsp3) is 0.929. The number of rotatable bonds is 6. The predicted molar refractivity (Wildman–Crippen MR) is 71.7 cm³/mol. The van der Waals surface area contributed by atoms with Gasteiger partial charge < -0.3 is 15.2 Å². The second kappa shape index (κ2) is 6.02. The van der Waals surface area contributed by atoms with Crippen LogP contribution in [0.25, 0.3) is 0 Å². The van der Waals surface area contributed by atoms with Gasteiger partial charge in [0.1, 0.15) is 0 Å². The molecule has 0 aromatic carbocycles. The van der Waals surface area contributed by atoms with Crippen molar-refractivity contribution >= 4 is 5.97 Å². The minimum atomic E-state index is -0.751. The molecule has 1 atom stereocenters. The third-order valence-electron chi connectivity index (χ3n) is 4.19. The predicted octanol–water partition coefficient (Wildman–Crippen LogP) is 2.42. The molecule has 1 fully saturated rings. The van der Waals surface area contributed by atoms with E-state index in [2.05, 4.69) is 19.2 Å². The first-order valence-corrected chi connectivity index (χ1v) is 6.96. The molecule has 0 saturated carbocycles. The van der Waals surface area contributed by atoms with Crippen LogP contribution in [0.5, 0.6) is 0 Å². The molecule has 0 aromatic rings. The van der Waals surface area contributed by atoms with Gasteiger partial charge in [0, 0.05) is 19.2 Å². The molecule has 2 N–H and O–H groups in total. The average Bonchev–Trinajstić information content (AvgIpc) is 2.36. The molecule has 1 aliphatic rings. The third kappa shape index (κ3) is 3.69. The SMILES string of the molecule is CCC1(CC)CC(NCC(C)(C)C(=O)O)CCO1. The van der Waals surface area contributed by atoms with Gasteiger partial charge in [-0.3, -0.25) is 4.79 Å². The van der Waals surface area contributed by atoms with Crippen molar-refractivity contribution in [3.63, 3.8) is 0 Å². The van der Waals surface area contributed by atoms with Crippen molar-refractivity contribution in [1.29, 1.82) is 0 Å². The molecule has 1 heterocycles. The summed E-state index contributed by atoms with van der Waals surface area (Å²) in [5, 5.41) is 12.5. The maximum Gasteiger partial charge on any atom is 0.310 e. The van der Waals surface area contributed by atoms with Crippen LogP contribution in [-0.2, 0) is 9.53 Å². The number of carbonyl (C=O) groups is 1. The Balaban J connectivity index is 2.51. The van der Waals surface area contributed by atoms with Gasteiger partial charge in [-0.05, 0) is 39.5 Å². The molecule has 0 aromatic heterocycles. The minimum absolute atomic E-state index is 0.0106. The van der Waals surface area contributed by atoms with Gasteiger partial charge in [-0.25, -0.2) is 0 Å². The maximum absolute atomic E-state index is 11.1. The molecule has 1 saturated heterocycles. The first kappa shape index (κ1) is 15.4. The highest BCUT2D eigenvalue weighted by atomic mass is 16.5. The number of ether oxygens (including phenoxy) is 1. The molecule has 0 aliphatic carbocycles. The summed E-state index contributed by atoms with van der Waals surface area (Å²) >= 11 is 0. The Morgan fingerprint density at radius 1 is 1.44 bits per heavy atom. The van der Waals surface area contributed by atoms with Crippen LogP contribution in [0.1, 0.15) is 53.4 Å². The lowest BCUT2D eigenvalue weighted by atomic mass is 9.85. The highest BCUT2D eigenvalue weighted by Crippen LogP contribution is 2.31. The number of carboxylic acids is 1. The van der Waals surface area contributed by atoms with Crippen molar-refractivity contribution in [2.24, 2.45) is 5.41 Å². The summed E-state index contributed by atoms with van der Waals surface area (Å²) < 4.78 is 5.92. The smallest absolute Gasteiger partial charge is 0.310 e. The molecule has 4 nitrogen and oxygen atoms in total. The van der Waals surface area contributed by atoms with Crippen molar-refractivity contribution in [3.05, 3.63) is 0 Å². The Bertz CT molecular complexity index is 285. The second-order valence-electron chi connectivity index (χ2n) is 6.00. The minimum Gasteiger partial charge on any atom is -0.481 e. The van der Waals surface area contributed by atoms with E-state index in [-0.39, 0.29) is 5.60 Å². The lowest BCUT2D eigenvalue weighted by Gasteiger charge is -2.41. The Kier molecular flexibility index (Phi) is 5.17. The normalized spacial score (nSPS) is 23.9. The van der Waals surface area contributed by atoms with Crippen LogP contribution in [-0.4, -0.2) is 35.9 Å². The molecular formula is C14H27NO3. The van der Waals surface area contributed by atoms with E-state index in [1.165, 1.54) is 0 Å². The van der Waals surface area contributed by atoms with Crippen molar-refractivity contribution in [2.75, 3.05) is 13.2 Å². The summed E-state index contributed by atoms with van der Waals surface area (Å²) in [5.74, 6) is -0.751. The lowest BCUT2D eigenvalue weighted by molar-refractivity contribution is -0.147. The van der Waals surface area contributed by atoms with E-state index in [0.717, 1.165) is 32.3 Å². The fourth-order valence-electron chi connectivity index (χ4n) is 2.42. The summed E-state index contributed by atoms with van der Waals surface area (Å²) in [4.78, 5) is 11.1. The lowest BCUT2D eigenvalue weighted by Crippen LogP contribution is -2.49. The molecule has 1 rings (SSSR count). The Hall–Kier alpha value is -0.610. The van der Waals surface area contributed by atoms with Crippen LogP contribution >= 0.6 is 0 Å². The second-order valence-corrected chi connectivity index (χ2v) is 6.00. The Morgan fingerprint density at radius 3 is 2.56 bits per heavy atom. The highest BCUT2D eigenvalue weighted by Gasteiger charge is 2.35. The maximum atomic E-state index is 11.1. The van der Waals surface area contributed by atoms with E-state index in [1.807, 2.05) is 0 Å². The van der Waals surface area contributed by atoms with Gasteiger partial charge in [-0.2, -0.15) is 0 Å². The van der Waals surface area contributed by atoms with Crippen LogP contribution in [0.3, 0.4) is 0 Å². The van der Waals surface area contributed by atoms with Gasteiger partial charge in [0.25, 0.3) is 0 Å². The van der Waals surface area contributed by atoms with E-state index in [1.54, 1.807) is 13.8 Å². The molecular weight excluding hydrogens is 230 g/mol. The van der Waals surface area contributed by atoms with Crippen LogP contribution in [0.15, 0.2) is 0 Å². The monoisotopic (exact) mass is 257 g/mol. The Labute approximate surface area is 110 Å². The number of hydrogen-bond donors (Lipinski definition) is 2. The molecule has 0 bridgehead atoms.